The summed E-state index contributed by atoms with van der Waals surface area (Å²) in [6.07, 6.45) is 6.88. The molecule has 104 valence electrons. The van der Waals surface area contributed by atoms with Gasteiger partial charge in [0.25, 0.3) is 0 Å². The van der Waals surface area contributed by atoms with Gasteiger partial charge in [0.2, 0.25) is 5.91 Å². The highest BCUT2D eigenvalue weighted by atomic mass is 35.5. The molecule has 4 saturated carbocycles. The Kier molecular flexibility index (Phi) is 3.93. The highest BCUT2D eigenvalue weighted by molar-refractivity contribution is 5.85. The van der Waals surface area contributed by atoms with Crippen LogP contribution in [0, 0.1) is 23.7 Å². The summed E-state index contributed by atoms with van der Waals surface area (Å²) in [5.41, 5.74) is 5.74. The summed E-state index contributed by atoms with van der Waals surface area (Å²) in [4.78, 5) is 14.1. The second kappa shape index (κ2) is 5.01. The molecule has 2 N–H and O–H groups in total. The lowest BCUT2D eigenvalue weighted by Crippen LogP contribution is -2.58. The van der Waals surface area contributed by atoms with Crippen LogP contribution >= 0.6 is 12.4 Å². The number of rotatable bonds is 2. The summed E-state index contributed by atoms with van der Waals surface area (Å²) in [6, 6.07) is 0.137. The standard InChI is InChI=1S/C14H24N2O.ClH/c1-8(15)14(17)16(2)13-11-4-9-3-10(6-11)7-12(13)5-9;/h8-13H,3-7,15H2,1-2H3;1H/t8-,9?,10?,11?,12?,13?;/m0./s1. The lowest BCUT2D eigenvalue weighted by atomic mass is 9.54. The molecule has 0 heterocycles. The highest BCUT2D eigenvalue weighted by Gasteiger charge is 2.50. The Morgan fingerprint density at radius 3 is 1.94 bits per heavy atom. The predicted molar refractivity (Wildman–Crippen MR) is 74.5 cm³/mol. The number of hydrogen-bond acceptors (Lipinski definition) is 2. The van der Waals surface area contributed by atoms with Gasteiger partial charge < -0.3 is 10.6 Å². The molecule has 0 saturated heterocycles. The average Bonchev–Trinajstić information content (AvgIpc) is 2.26. The zero-order chi connectivity index (χ0) is 12.2. The molecule has 0 aromatic rings. The molecule has 1 amide bonds. The van der Waals surface area contributed by atoms with Gasteiger partial charge in [-0.1, -0.05) is 0 Å². The quantitative estimate of drug-likeness (QED) is 0.836. The average molecular weight is 273 g/mol. The van der Waals surface area contributed by atoms with Crippen molar-refractivity contribution in [2.45, 2.75) is 51.1 Å². The van der Waals surface area contributed by atoms with Gasteiger partial charge in [-0.15, -0.1) is 12.4 Å². The maximum atomic E-state index is 12.1. The minimum Gasteiger partial charge on any atom is -0.341 e. The van der Waals surface area contributed by atoms with Gasteiger partial charge in [-0.2, -0.15) is 0 Å². The highest BCUT2D eigenvalue weighted by Crippen LogP contribution is 2.54. The Morgan fingerprint density at radius 2 is 1.56 bits per heavy atom. The van der Waals surface area contributed by atoms with E-state index in [9.17, 15) is 4.79 Å². The molecule has 0 aliphatic heterocycles. The number of nitrogens with zero attached hydrogens (tertiary/aromatic N) is 1. The van der Waals surface area contributed by atoms with E-state index in [-0.39, 0.29) is 24.4 Å². The second-order valence-corrected chi connectivity index (χ2v) is 6.66. The van der Waals surface area contributed by atoms with Crippen molar-refractivity contribution in [2.24, 2.45) is 29.4 Å². The molecule has 0 spiro atoms. The maximum absolute atomic E-state index is 12.1. The Bertz CT molecular complexity index is 304. The topological polar surface area (TPSA) is 46.3 Å². The van der Waals surface area contributed by atoms with Crippen LogP contribution in [0.3, 0.4) is 0 Å². The number of hydrogen-bond donors (Lipinski definition) is 1. The number of nitrogens with two attached hydrogens (primary N) is 1. The third kappa shape index (κ3) is 2.16. The molecule has 4 rings (SSSR count). The molecular weight excluding hydrogens is 248 g/mol. The monoisotopic (exact) mass is 272 g/mol. The fraction of sp³-hybridized carbons (Fsp3) is 0.929. The Balaban J connectivity index is 0.00000120. The Labute approximate surface area is 116 Å². The van der Waals surface area contributed by atoms with Crippen molar-refractivity contribution in [3.63, 3.8) is 0 Å². The number of carbonyl (C=O) groups is 1. The second-order valence-electron chi connectivity index (χ2n) is 6.66. The molecule has 4 aliphatic rings. The normalized spacial score (nSPS) is 42.3. The maximum Gasteiger partial charge on any atom is 0.239 e. The van der Waals surface area contributed by atoms with Crippen molar-refractivity contribution >= 4 is 18.3 Å². The number of carbonyl (C=O) groups excluding carboxylic acids is 1. The van der Waals surface area contributed by atoms with Crippen molar-refractivity contribution in [3.05, 3.63) is 0 Å². The van der Waals surface area contributed by atoms with Crippen LogP contribution < -0.4 is 5.73 Å². The van der Waals surface area contributed by atoms with Crippen LogP contribution in [0.15, 0.2) is 0 Å². The number of halogens is 1. The molecule has 4 aliphatic carbocycles. The summed E-state index contributed by atoms with van der Waals surface area (Å²) in [5, 5.41) is 0. The van der Waals surface area contributed by atoms with Gasteiger partial charge in [0.15, 0.2) is 0 Å². The van der Waals surface area contributed by atoms with Gasteiger partial charge in [0.1, 0.15) is 0 Å². The zero-order valence-electron chi connectivity index (χ0n) is 11.3. The fourth-order valence-electron chi connectivity index (χ4n) is 5.00. The van der Waals surface area contributed by atoms with Crippen LogP contribution in [-0.2, 0) is 4.79 Å². The van der Waals surface area contributed by atoms with Crippen molar-refractivity contribution in [3.8, 4) is 0 Å². The molecule has 18 heavy (non-hydrogen) atoms. The van der Waals surface area contributed by atoms with E-state index in [1.165, 1.54) is 32.1 Å². The van der Waals surface area contributed by atoms with Crippen molar-refractivity contribution < 1.29 is 4.79 Å². The molecule has 0 unspecified atom stereocenters. The summed E-state index contributed by atoms with van der Waals surface area (Å²) in [7, 11) is 1.97. The summed E-state index contributed by atoms with van der Waals surface area (Å²) in [6.45, 7) is 1.80. The van der Waals surface area contributed by atoms with Gasteiger partial charge in [-0.3, -0.25) is 4.79 Å². The van der Waals surface area contributed by atoms with Crippen LogP contribution in [0.2, 0.25) is 0 Å². The van der Waals surface area contributed by atoms with Crippen molar-refractivity contribution in [2.75, 3.05) is 7.05 Å². The predicted octanol–water partition coefficient (Wildman–Crippen LogP) is 2.04. The Morgan fingerprint density at radius 1 is 1.11 bits per heavy atom. The molecule has 0 radical (unpaired) electrons. The molecule has 3 nitrogen and oxygen atoms in total. The van der Waals surface area contributed by atoms with E-state index in [1.54, 1.807) is 6.92 Å². The van der Waals surface area contributed by atoms with Gasteiger partial charge in [-0.25, -0.2) is 0 Å². The van der Waals surface area contributed by atoms with E-state index < -0.39 is 0 Å². The smallest absolute Gasteiger partial charge is 0.239 e. The van der Waals surface area contributed by atoms with Crippen LogP contribution in [0.1, 0.15) is 39.0 Å². The summed E-state index contributed by atoms with van der Waals surface area (Å²) < 4.78 is 0. The molecule has 4 heteroatoms. The van der Waals surface area contributed by atoms with E-state index in [4.69, 9.17) is 5.73 Å². The lowest BCUT2D eigenvalue weighted by molar-refractivity contribution is -0.142. The van der Waals surface area contributed by atoms with Crippen molar-refractivity contribution in [1.82, 2.24) is 4.90 Å². The fourth-order valence-corrected chi connectivity index (χ4v) is 5.00. The van der Waals surface area contributed by atoms with Gasteiger partial charge in [0.05, 0.1) is 6.04 Å². The third-order valence-corrected chi connectivity index (χ3v) is 5.36. The van der Waals surface area contributed by atoms with Crippen LogP contribution in [0.5, 0.6) is 0 Å². The van der Waals surface area contributed by atoms with E-state index in [0.29, 0.717) is 6.04 Å². The van der Waals surface area contributed by atoms with Crippen LogP contribution in [0.4, 0.5) is 0 Å². The SMILES string of the molecule is C[C@H](N)C(=O)N(C)C1C2CC3CC(C2)CC1C3.Cl. The molecular formula is C14H25ClN2O. The molecule has 0 aromatic heterocycles. The summed E-state index contributed by atoms with van der Waals surface area (Å²) >= 11 is 0. The van der Waals surface area contributed by atoms with Crippen molar-refractivity contribution in [1.29, 1.82) is 0 Å². The lowest BCUT2D eigenvalue weighted by Gasteiger charge is -2.56. The molecule has 4 fully saturated rings. The van der Waals surface area contributed by atoms with E-state index in [1.807, 2.05) is 11.9 Å². The largest absolute Gasteiger partial charge is 0.341 e. The first-order valence-corrected chi connectivity index (χ1v) is 7.08. The third-order valence-electron chi connectivity index (χ3n) is 5.36. The van der Waals surface area contributed by atoms with Crippen LogP contribution in [-0.4, -0.2) is 29.9 Å². The minimum absolute atomic E-state index is 0. The minimum atomic E-state index is -0.350. The first-order valence-electron chi connectivity index (χ1n) is 7.08. The Hall–Kier alpha value is -0.280. The van der Waals surface area contributed by atoms with Crippen LogP contribution in [0.25, 0.3) is 0 Å². The number of amides is 1. The zero-order valence-corrected chi connectivity index (χ0v) is 12.2. The molecule has 4 bridgehead atoms. The summed E-state index contributed by atoms with van der Waals surface area (Å²) in [5.74, 6) is 3.58. The van der Waals surface area contributed by atoms with Gasteiger partial charge >= 0.3 is 0 Å². The van der Waals surface area contributed by atoms with E-state index in [0.717, 1.165) is 23.7 Å². The number of likely N-dealkylation sites (N-methyl/N-ethyl adjacent to an activating group) is 1. The molecule has 0 aromatic carbocycles. The van der Waals surface area contributed by atoms with E-state index in [2.05, 4.69) is 0 Å². The van der Waals surface area contributed by atoms with E-state index >= 15 is 0 Å². The molecule has 1 atom stereocenters. The first kappa shape index (κ1) is 14.1. The van der Waals surface area contributed by atoms with Gasteiger partial charge in [0, 0.05) is 13.1 Å². The van der Waals surface area contributed by atoms with Gasteiger partial charge in [-0.05, 0) is 62.7 Å². The first-order chi connectivity index (χ1) is 8.06.